The molecule has 0 radical (unpaired) electrons. The molecule has 0 amide bonds. The quantitative estimate of drug-likeness (QED) is 0.388. The number of nitrogens with two attached hydrogens (primary N) is 1. The topological polar surface area (TPSA) is 105 Å². The Morgan fingerprint density at radius 3 is 2.68 bits per heavy atom. The number of carboxylic acid groups (broad SMARTS) is 1. The molecule has 1 unspecified atom stereocenters. The molecule has 1 aliphatic heterocycles. The van der Waals surface area contributed by atoms with Gasteiger partial charge in [0, 0.05) is 10.3 Å². The number of carboxylic acids is 1. The third-order valence-corrected chi connectivity index (χ3v) is 5.44. The SMILES string of the molecule is CSc1ccc2c(c1)c(C(=O)O)c(-c1ccccc1)n2C1=NNC(=S)NC1N. The van der Waals surface area contributed by atoms with Gasteiger partial charge in [-0.2, -0.15) is 5.10 Å². The number of nitrogens with one attached hydrogen (secondary N) is 2. The molecule has 2 heterocycles. The lowest BCUT2D eigenvalue weighted by molar-refractivity contribution is 0.0700. The van der Waals surface area contributed by atoms with Crippen LogP contribution in [0.4, 0.5) is 0 Å². The first-order chi connectivity index (χ1) is 13.5. The Kier molecular flexibility index (Phi) is 4.80. The van der Waals surface area contributed by atoms with Crippen LogP contribution in [0.15, 0.2) is 58.5 Å². The summed E-state index contributed by atoms with van der Waals surface area (Å²) in [6.07, 6.45) is 1.26. The molecule has 1 aliphatic rings. The van der Waals surface area contributed by atoms with Crippen molar-refractivity contribution in [3.63, 3.8) is 0 Å². The molecule has 28 heavy (non-hydrogen) atoms. The Morgan fingerprint density at radius 1 is 1.29 bits per heavy atom. The van der Waals surface area contributed by atoms with Crippen molar-refractivity contribution in [1.29, 1.82) is 0 Å². The number of hydrogen-bond donors (Lipinski definition) is 4. The van der Waals surface area contributed by atoms with Gasteiger partial charge in [0.15, 0.2) is 10.9 Å². The molecular formula is C19H17N5O2S2. The van der Waals surface area contributed by atoms with Gasteiger partial charge >= 0.3 is 5.97 Å². The third-order valence-electron chi connectivity index (χ3n) is 4.50. The van der Waals surface area contributed by atoms with Crippen molar-refractivity contribution in [3.05, 3.63) is 54.1 Å². The lowest BCUT2D eigenvalue weighted by Crippen LogP contribution is -2.56. The van der Waals surface area contributed by atoms with E-state index in [-0.39, 0.29) is 5.56 Å². The van der Waals surface area contributed by atoms with Gasteiger partial charge < -0.3 is 16.2 Å². The van der Waals surface area contributed by atoms with Gasteiger partial charge in [-0.05, 0) is 42.2 Å². The van der Waals surface area contributed by atoms with E-state index in [1.165, 1.54) is 0 Å². The highest BCUT2D eigenvalue weighted by molar-refractivity contribution is 7.98. The summed E-state index contributed by atoms with van der Waals surface area (Å²) in [5.41, 5.74) is 11.2. The second-order valence-electron chi connectivity index (χ2n) is 6.15. The van der Waals surface area contributed by atoms with Gasteiger partial charge in [0.1, 0.15) is 6.17 Å². The van der Waals surface area contributed by atoms with Crippen molar-refractivity contribution >= 4 is 51.8 Å². The second kappa shape index (κ2) is 7.27. The maximum absolute atomic E-state index is 12.3. The molecule has 0 aliphatic carbocycles. The number of aromatic carboxylic acids is 1. The first-order valence-electron chi connectivity index (χ1n) is 8.42. The average molecular weight is 412 g/mol. The van der Waals surface area contributed by atoms with E-state index in [0.717, 1.165) is 10.5 Å². The summed E-state index contributed by atoms with van der Waals surface area (Å²) < 4.78 is 1.78. The Labute approximate surface area is 170 Å². The van der Waals surface area contributed by atoms with Crippen LogP contribution >= 0.6 is 24.0 Å². The van der Waals surface area contributed by atoms with E-state index in [2.05, 4.69) is 15.8 Å². The monoisotopic (exact) mass is 411 g/mol. The summed E-state index contributed by atoms with van der Waals surface area (Å²) in [6, 6.07) is 15.1. The molecule has 5 N–H and O–H groups in total. The molecule has 0 bridgehead atoms. The predicted octanol–water partition coefficient (Wildman–Crippen LogP) is 2.65. The van der Waals surface area contributed by atoms with Crippen LogP contribution in [0.25, 0.3) is 22.2 Å². The first kappa shape index (κ1) is 18.5. The number of benzene rings is 2. The van der Waals surface area contributed by atoms with Crippen LogP contribution in [0, 0.1) is 0 Å². The van der Waals surface area contributed by atoms with Crippen molar-refractivity contribution in [1.82, 2.24) is 15.3 Å². The molecule has 4 rings (SSSR count). The molecule has 3 aromatic rings. The highest BCUT2D eigenvalue weighted by Crippen LogP contribution is 2.36. The maximum Gasteiger partial charge on any atom is 0.338 e. The third kappa shape index (κ3) is 3.03. The smallest absolute Gasteiger partial charge is 0.338 e. The van der Waals surface area contributed by atoms with Crippen molar-refractivity contribution in [2.75, 3.05) is 6.26 Å². The fourth-order valence-electron chi connectivity index (χ4n) is 3.33. The fourth-order valence-corrected chi connectivity index (χ4v) is 3.94. The summed E-state index contributed by atoms with van der Waals surface area (Å²) in [5, 5.41) is 18.3. The number of thiocarbonyl (C=S) groups is 1. The highest BCUT2D eigenvalue weighted by Gasteiger charge is 2.29. The number of carbonyl (C=O) groups is 1. The van der Waals surface area contributed by atoms with E-state index >= 15 is 0 Å². The van der Waals surface area contributed by atoms with Crippen molar-refractivity contribution in [3.8, 4) is 11.3 Å². The van der Waals surface area contributed by atoms with E-state index in [4.69, 9.17) is 18.0 Å². The normalized spacial score (nSPS) is 16.4. The Morgan fingerprint density at radius 2 is 2.04 bits per heavy atom. The van der Waals surface area contributed by atoms with Crippen LogP contribution in [-0.2, 0) is 0 Å². The Bertz CT molecular complexity index is 1120. The summed E-state index contributed by atoms with van der Waals surface area (Å²) >= 11 is 6.62. The van der Waals surface area contributed by atoms with E-state index in [1.807, 2.05) is 54.8 Å². The van der Waals surface area contributed by atoms with Gasteiger partial charge in [0.25, 0.3) is 0 Å². The van der Waals surface area contributed by atoms with Crippen LogP contribution in [0.2, 0.25) is 0 Å². The summed E-state index contributed by atoms with van der Waals surface area (Å²) in [7, 11) is 0. The molecule has 7 nitrogen and oxygen atoms in total. The van der Waals surface area contributed by atoms with Crippen molar-refractivity contribution < 1.29 is 9.90 Å². The first-order valence-corrected chi connectivity index (χ1v) is 10.1. The van der Waals surface area contributed by atoms with Gasteiger partial charge in [0.05, 0.1) is 16.8 Å². The molecule has 1 aromatic heterocycles. The highest BCUT2D eigenvalue weighted by atomic mass is 32.2. The number of nitrogens with zero attached hydrogens (tertiary/aromatic N) is 2. The molecule has 2 aromatic carbocycles. The molecule has 0 fully saturated rings. The minimum absolute atomic E-state index is 0.208. The van der Waals surface area contributed by atoms with E-state index in [9.17, 15) is 9.90 Å². The van der Waals surface area contributed by atoms with Gasteiger partial charge in [0.2, 0.25) is 0 Å². The average Bonchev–Trinajstić information content (AvgIpc) is 3.03. The van der Waals surface area contributed by atoms with E-state index in [0.29, 0.717) is 27.5 Å². The minimum atomic E-state index is -1.01. The molecule has 1 atom stereocenters. The lowest BCUT2D eigenvalue weighted by Gasteiger charge is -2.25. The summed E-state index contributed by atoms with van der Waals surface area (Å²) in [6.45, 7) is 0. The lowest BCUT2D eigenvalue weighted by atomic mass is 10.1. The Balaban J connectivity index is 2.13. The van der Waals surface area contributed by atoms with Crippen molar-refractivity contribution in [2.24, 2.45) is 10.8 Å². The van der Waals surface area contributed by atoms with Crippen LogP contribution in [0.3, 0.4) is 0 Å². The molecule has 0 saturated heterocycles. The number of rotatable bonds is 3. The summed E-state index contributed by atoms with van der Waals surface area (Å²) in [4.78, 5) is 13.3. The van der Waals surface area contributed by atoms with Crippen molar-refractivity contribution in [2.45, 2.75) is 11.1 Å². The molecule has 0 saturated carbocycles. The van der Waals surface area contributed by atoms with Crippen LogP contribution in [-0.4, -0.2) is 39.0 Å². The van der Waals surface area contributed by atoms with Crippen LogP contribution in [0.1, 0.15) is 10.4 Å². The van der Waals surface area contributed by atoms with E-state index < -0.39 is 12.1 Å². The number of aromatic nitrogens is 1. The second-order valence-corrected chi connectivity index (χ2v) is 7.43. The standard InChI is InChI=1S/C19H17N5O2S2/c1-28-11-7-8-13-12(9-11)14(18(25)26)15(10-5-3-2-4-6-10)24(13)17-16(20)21-19(27)23-22-17/h2-9,16H,20H2,1H3,(H,25,26)(H2,21,23,27). The molecule has 9 heteroatoms. The zero-order chi connectivity index (χ0) is 19.8. The van der Waals surface area contributed by atoms with Crippen LogP contribution < -0.4 is 16.5 Å². The Hall–Kier alpha value is -2.88. The number of thioether (sulfide) groups is 1. The fraction of sp³-hybridized carbons (Fsp3) is 0.105. The molecule has 0 spiro atoms. The van der Waals surface area contributed by atoms with Gasteiger partial charge in [-0.1, -0.05) is 30.3 Å². The predicted molar refractivity (Wildman–Crippen MR) is 116 cm³/mol. The molecule has 142 valence electrons. The zero-order valence-electron chi connectivity index (χ0n) is 14.8. The number of fused-ring (bicyclic) bond motifs is 1. The minimum Gasteiger partial charge on any atom is -0.478 e. The molecular weight excluding hydrogens is 394 g/mol. The maximum atomic E-state index is 12.3. The van der Waals surface area contributed by atoms with Gasteiger partial charge in [-0.15, -0.1) is 11.8 Å². The van der Waals surface area contributed by atoms with Gasteiger partial charge in [-0.25, -0.2) is 4.79 Å². The number of hydrogen-bond acceptors (Lipinski definition) is 5. The van der Waals surface area contributed by atoms with Gasteiger partial charge in [-0.3, -0.25) is 9.99 Å². The zero-order valence-corrected chi connectivity index (χ0v) is 16.5. The van der Waals surface area contributed by atoms with Crippen LogP contribution in [0.5, 0.6) is 0 Å². The largest absolute Gasteiger partial charge is 0.478 e. The number of hydrazone groups is 1. The van der Waals surface area contributed by atoms with E-state index in [1.54, 1.807) is 16.3 Å². The summed E-state index contributed by atoms with van der Waals surface area (Å²) in [5.74, 6) is -0.580.